The molecule has 3 rings (SSSR count). The topological polar surface area (TPSA) is 119 Å². The number of nitrogens with one attached hydrogen (secondary N) is 1. The molecule has 152 valence electrons. The summed E-state index contributed by atoms with van der Waals surface area (Å²) in [6.07, 6.45) is 1.79. The third-order valence-corrected chi connectivity index (χ3v) is 5.19. The van der Waals surface area contributed by atoms with Crippen LogP contribution in [0.15, 0.2) is 42.5 Å². The van der Waals surface area contributed by atoms with Crippen LogP contribution in [-0.4, -0.2) is 34.7 Å². The Morgan fingerprint density at radius 1 is 1.24 bits per heavy atom. The summed E-state index contributed by atoms with van der Waals surface area (Å²) in [7, 11) is 0. The fourth-order valence-electron chi connectivity index (χ4n) is 3.53. The molecule has 2 amide bonds. The molecule has 1 unspecified atom stereocenters. The molecule has 29 heavy (non-hydrogen) atoms. The first-order chi connectivity index (χ1) is 13.8. The summed E-state index contributed by atoms with van der Waals surface area (Å²) in [5, 5.41) is 13.8. The monoisotopic (exact) mass is 396 g/mol. The maximum absolute atomic E-state index is 12.4. The number of nitro groups is 1. The maximum Gasteiger partial charge on any atom is 0.273 e. The van der Waals surface area contributed by atoms with Crippen molar-refractivity contribution in [3.63, 3.8) is 0 Å². The summed E-state index contributed by atoms with van der Waals surface area (Å²) in [5.74, 6) is -0.744. The lowest BCUT2D eigenvalue weighted by molar-refractivity contribution is -0.385. The summed E-state index contributed by atoms with van der Waals surface area (Å²) in [6.45, 7) is 3.93. The molecular weight excluding hydrogens is 372 g/mol. The van der Waals surface area contributed by atoms with Gasteiger partial charge < -0.3 is 11.1 Å². The number of hydrogen-bond acceptors (Lipinski definition) is 5. The van der Waals surface area contributed by atoms with Gasteiger partial charge in [-0.3, -0.25) is 24.6 Å². The van der Waals surface area contributed by atoms with E-state index in [0.29, 0.717) is 24.3 Å². The Morgan fingerprint density at radius 2 is 1.97 bits per heavy atom. The quantitative estimate of drug-likeness (QED) is 0.575. The molecule has 2 aromatic carbocycles. The first-order valence-corrected chi connectivity index (χ1v) is 9.50. The average Bonchev–Trinajstić information content (AvgIpc) is 2.69. The highest BCUT2D eigenvalue weighted by atomic mass is 16.6. The molecule has 1 aliphatic heterocycles. The van der Waals surface area contributed by atoms with E-state index in [9.17, 15) is 19.7 Å². The number of nitro benzene ring substituents is 1. The number of benzene rings is 2. The molecule has 1 heterocycles. The Morgan fingerprint density at radius 3 is 2.62 bits per heavy atom. The van der Waals surface area contributed by atoms with E-state index in [1.54, 1.807) is 31.2 Å². The predicted molar refractivity (Wildman–Crippen MR) is 109 cm³/mol. The second kappa shape index (κ2) is 8.83. The summed E-state index contributed by atoms with van der Waals surface area (Å²) in [5.41, 5.74) is 7.76. The van der Waals surface area contributed by atoms with E-state index >= 15 is 0 Å². The molecular formula is C21H24N4O4. The Balaban J connectivity index is 1.62. The molecule has 1 fully saturated rings. The number of nitrogens with zero attached hydrogens (tertiary/aromatic N) is 2. The number of piperidine rings is 1. The minimum atomic E-state index is -0.496. The number of carbonyl (C=O) groups is 2. The van der Waals surface area contributed by atoms with Crippen LogP contribution < -0.4 is 11.1 Å². The number of amides is 2. The van der Waals surface area contributed by atoms with Crippen molar-refractivity contribution < 1.29 is 14.5 Å². The standard InChI is InChI=1S/C21H24N4O4/c1-14-4-7-16(11-19(14)25(28)29)21(27)23-18-8-5-15(6-9-18)12-24-10-2-3-17(13-24)20(22)26/h4-9,11,17H,2-3,10,12-13H2,1H3,(H2,22,26)(H,23,27). The fraction of sp³-hybridized carbons (Fsp3) is 0.333. The summed E-state index contributed by atoms with van der Waals surface area (Å²) >= 11 is 0. The van der Waals surface area contributed by atoms with Crippen molar-refractivity contribution in [3.05, 3.63) is 69.3 Å². The first kappa shape index (κ1) is 20.5. The number of rotatable bonds is 6. The van der Waals surface area contributed by atoms with Crippen LogP contribution >= 0.6 is 0 Å². The summed E-state index contributed by atoms with van der Waals surface area (Å²) < 4.78 is 0. The summed E-state index contributed by atoms with van der Waals surface area (Å²) in [4.78, 5) is 36.6. The van der Waals surface area contributed by atoms with Crippen molar-refractivity contribution in [1.82, 2.24) is 4.90 Å². The van der Waals surface area contributed by atoms with E-state index in [1.165, 1.54) is 6.07 Å². The van der Waals surface area contributed by atoms with Crippen molar-refractivity contribution in [2.75, 3.05) is 18.4 Å². The Hall–Kier alpha value is -3.26. The van der Waals surface area contributed by atoms with Crippen molar-refractivity contribution in [3.8, 4) is 0 Å². The Labute approximate surface area is 168 Å². The molecule has 0 saturated carbocycles. The molecule has 8 nitrogen and oxygen atoms in total. The zero-order valence-electron chi connectivity index (χ0n) is 16.3. The number of hydrogen-bond donors (Lipinski definition) is 2. The number of primary amides is 1. The van der Waals surface area contributed by atoms with Gasteiger partial charge in [0.2, 0.25) is 5.91 Å². The van der Waals surface area contributed by atoms with E-state index in [-0.39, 0.29) is 23.1 Å². The number of likely N-dealkylation sites (tertiary alicyclic amines) is 1. The van der Waals surface area contributed by atoms with E-state index in [1.807, 2.05) is 12.1 Å². The van der Waals surface area contributed by atoms with E-state index in [4.69, 9.17) is 5.73 Å². The van der Waals surface area contributed by atoms with Gasteiger partial charge in [-0.15, -0.1) is 0 Å². The normalized spacial score (nSPS) is 16.9. The number of carbonyl (C=O) groups excluding carboxylic acids is 2. The highest BCUT2D eigenvalue weighted by molar-refractivity contribution is 6.04. The van der Waals surface area contributed by atoms with Crippen LogP contribution in [0.3, 0.4) is 0 Å². The molecule has 0 aliphatic carbocycles. The molecule has 2 aromatic rings. The van der Waals surface area contributed by atoms with Crippen LogP contribution in [0.2, 0.25) is 0 Å². The Kier molecular flexibility index (Phi) is 6.23. The van der Waals surface area contributed by atoms with Gasteiger partial charge in [-0.2, -0.15) is 0 Å². The first-order valence-electron chi connectivity index (χ1n) is 9.50. The van der Waals surface area contributed by atoms with E-state index < -0.39 is 10.8 Å². The minimum absolute atomic E-state index is 0.0798. The molecule has 0 radical (unpaired) electrons. The highest BCUT2D eigenvalue weighted by Crippen LogP contribution is 2.21. The predicted octanol–water partition coefficient (Wildman–Crippen LogP) is 2.85. The van der Waals surface area contributed by atoms with Crippen molar-refractivity contribution >= 4 is 23.2 Å². The van der Waals surface area contributed by atoms with Gasteiger partial charge in [0.15, 0.2) is 0 Å². The summed E-state index contributed by atoms with van der Waals surface area (Å²) in [6, 6.07) is 11.8. The molecule has 0 aromatic heterocycles. The van der Waals surface area contributed by atoms with Crippen LogP contribution in [-0.2, 0) is 11.3 Å². The van der Waals surface area contributed by atoms with Gasteiger partial charge in [0, 0.05) is 36.0 Å². The molecule has 0 spiro atoms. The molecule has 3 N–H and O–H groups in total. The zero-order chi connectivity index (χ0) is 21.0. The maximum atomic E-state index is 12.4. The molecule has 1 atom stereocenters. The van der Waals surface area contributed by atoms with Gasteiger partial charge in [-0.25, -0.2) is 0 Å². The minimum Gasteiger partial charge on any atom is -0.369 e. The van der Waals surface area contributed by atoms with Gasteiger partial charge in [-0.1, -0.05) is 18.2 Å². The lowest BCUT2D eigenvalue weighted by Gasteiger charge is -2.31. The zero-order valence-corrected chi connectivity index (χ0v) is 16.3. The average molecular weight is 396 g/mol. The van der Waals surface area contributed by atoms with Crippen LogP contribution in [0, 0.1) is 23.0 Å². The van der Waals surface area contributed by atoms with Crippen LogP contribution in [0.25, 0.3) is 0 Å². The van der Waals surface area contributed by atoms with Crippen molar-refractivity contribution in [1.29, 1.82) is 0 Å². The SMILES string of the molecule is Cc1ccc(C(=O)Nc2ccc(CN3CCCC(C(N)=O)C3)cc2)cc1[N+](=O)[O-]. The number of nitrogens with two attached hydrogens (primary N) is 1. The van der Waals surface area contributed by atoms with Gasteiger partial charge >= 0.3 is 0 Å². The van der Waals surface area contributed by atoms with Crippen LogP contribution in [0.5, 0.6) is 0 Å². The lowest BCUT2D eigenvalue weighted by atomic mass is 9.97. The molecule has 1 aliphatic rings. The third kappa shape index (κ3) is 5.17. The van der Waals surface area contributed by atoms with Crippen LogP contribution in [0.1, 0.15) is 34.3 Å². The number of aryl methyl sites for hydroxylation is 1. The molecule has 8 heteroatoms. The third-order valence-electron chi connectivity index (χ3n) is 5.19. The van der Waals surface area contributed by atoms with Gasteiger partial charge in [0.1, 0.15) is 0 Å². The van der Waals surface area contributed by atoms with E-state index in [2.05, 4.69) is 10.2 Å². The lowest BCUT2D eigenvalue weighted by Crippen LogP contribution is -2.40. The highest BCUT2D eigenvalue weighted by Gasteiger charge is 2.23. The second-order valence-corrected chi connectivity index (χ2v) is 7.39. The largest absolute Gasteiger partial charge is 0.369 e. The van der Waals surface area contributed by atoms with Crippen molar-refractivity contribution in [2.45, 2.75) is 26.3 Å². The molecule has 0 bridgehead atoms. The second-order valence-electron chi connectivity index (χ2n) is 7.39. The Bertz CT molecular complexity index is 927. The molecule has 1 saturated heterocycles. The van der Waals surface area contributed by atoms with Gasteiger partial charge in [-0.05, 0) is 50.1 Å². The van der Waals surface area contributed by atoms with Crippen LogP contribution in [0.4, 0.5) is 11.4 Å². The van der Waals surface area contributed by atoms with Gasteiger partial charge in [0.25, 0.3) is 11.6 Å². The van der Waals surface area contributed by atoms with E-state index in [0.717, 1.165) is 24.9 Å². The van der Waals surface area contributed by atoms with Crippen molar-refractivity contribution in [2.24, 2.45) is 11.7 Å². The fourth-order valence-corrected chi connectivity index (χ4v) is 3.53. The van der Waals surface area contributed by atoms with Gasteiger partial charge in [0.05, 0.1) is 10.8 Å². The number of anilines is 1. The smallest absolute Gasteiger partial charge is 0.273 e.